The van der Waals surface area contributed by atoms with Gasteiger partial charge in [-0.1, -0.05) is 30.7 Å². The number of hydrogen-bond donors (Lipinski definition) is 1. The van der Waals surface area contributed by atoms with Gasteiger partial charge in [-0.15, -0.1) is 10.2 Å². The van der Waals surface area contributed by atoms with Gasteiger partial charge in [0.15, 0.2) is 12.4 Å². The van der Waals surface area contributed by atoms with Crippen LogP contribution in [0.25, 0.3) is 11.4 Å². The summed E-state index contributed by atoms with van der Waals surface area (Å²) in [4.78, 5) is 12.3. The van der Waals surface area contributed by atoms with E-state index in [1.165, 1.54) is 6.42 Å². The van der Waals surface area contributed by atoms with E-state index in [1.54, 1.807) is 0 Å². The number of aromatic nitrogens is 3. The summed E-state index contributed by atoms with van der Waals surface area (Å²) in [6.45, 7) is 4.87. The molecular formula is C23H26N4O2. The van der Waals surface area contributed by atoms with Crippen molar-refractivity contribution < 1.29 is 9.53 Å². The number of amides is 1. The number of hydrogen-bond acceptors (Lipinski definition) is 4. The van der Waals surface area contributed by atoms with E-state index < -0.39 is 0 Å². The second-order valence-corrected chi connectivity index (χ2v) is 7.59. The molecule has 0 atom stereocenters. The lowest BCUT2D eigenvalue weighted by molar-refractivity contribution is -0.118. The topological polar surface area (TPSA) is 69.0 Å². The summed E-state index contributed by atoms with van der Waals surface area (Å²) >= 11 is 0. The van der Waals surface area contributed by atoms with Gasteiger partial charge in [0, 0.05) is 24.2 Å². The first kappa shape index (κ1) is 19.2. The molecule has 0 saturated heterocycles. The number of carbonyl (C=O) groups is 1. The Balaban J connectivity index is 1.44. The van der Waals surface area contributed by atoms with Gasteiger partial charge in [-0.2, -0.15) is 0 Å². The third-order valence-corrected chi connectivity index (χ3v) is 5.24. The van der Waals surface area contributed by atoms with E-state index in [1.807, 2.05) is 56.3 Å². The molecule has 1 amide bonds. The smallest absolute Gasteiger partial charge is 0.262 e. The monoisotopic (exact) mass is 390 g/mol. The molecule has 0 unspecified atom stereocenters. The number of anilines is 1. The molecule has 0 saturated carbocycles. The molecule has 1 aliphatic rings. The number of ether oxygens (including phenoxy) is 1. The minimum Gasteiger partial charge on any atom is -0.484 e. The maximum absolute atomic E-state index is 12.3. The quantitative estimate of drug-likeness (QED) is 0.705. The van der Waals surface area contributed by atoms with Gasteiger partial charge < -0.3 is 14.6 Å². The lowest BCUT2D eigenvalue weighted by atomic mass is 10.1. The first-order chi connectivity index (χ1) is 14.1. The number of aryl methyl sites for hydroxylation is 3. The highest BCUT2D eigenvalue weighted by molar-refractivity contribution is 5.92. The van der Waals surface area contributed by atoms with Gasteiger partial charge in [-0.05, 0) is 56.0 Å². The summed E-state index contributed by atoms with van der Waals surface area (Å²) in [6, 6.07) is 13.7. The fraction of sp³-hybridized carbons (Fsp3) is 0.348. The molecule has 1 aromatic heterocycles. The maximum Gasteiger partial charge on any atom is 0.262 e. The lowest BCUT2D eigenvalue weighted by Gasteiger charge is -2.11. The summed E-state index contributed by atoms with van der Waals surface area (Å²) in [5.74, 6) is 2.38. The molecule has 1 aliphatic heterocycles. The Labute approximate surface area is 170 Å². The Hall–Kier alpha value is -3.15. The Bertz CT molecular complexity index is 1030. The molecule has 4 rings (SSSR count). The van der Waals surface area contributed by atoms with Crippen LogP contribution < -0.4 is 10.1 Å². The van der Waals surface area contributed by atoms with Crippen LogP contribution in [0.2, 0.25) is 0 Å². The normalized spacial score (nSPS) is 13.4. The van der Waals surface area contributed by atoms with Crippen molar-refractivity contribution >= 4 is 11.6 Å². The highest BCUT2D eigenvalue weighted by Crippen LogP contribution is 2.25. The van der Waals surface area contributed by atoms with Crippen molar-refractivity contribution in [2.45, 2.75) is 46.1 Å². The van der Waals surface area contributed by atoms with Gasteiger partial charge in [0.1, 0.15) is 11.6 Å². The van der Waals surface area contributed by atoms with Gasteiger partial charge in [-0.25, -0.2) is 0 Å². The summed E-state index contributed by atoms with van der Waals surface area (Å²) in [6.07, 6.45) is 4.51. The van der Waals surface area contributed by atoms with Gasteiger partial charge in [0.2, 0.25) is 0 Å². The Morgan fingerprint density at radius 2 is 2.00 bits per heavy atom. The van der Waals surface area contributed by atoms with E-state index >= 15 is 0 Å². The zero-order valence-electron chi connectivity index (χ0n) is 16.9. The molecule has 0 spiro atoms. The van der Waals surface area contributed by atoms with Crippen LogP contribution >= 0.6 is 0 Å². The van der Waals surface area contributed by atoms with Crippen LogP contribution in [0, 0.1) is 13.8 Å². The molecule has 0 radical (unpaired) electrons. The summed E-state index contributed by atoms with van der Waals surface area (Å²) in [7, 11) is 0. The zero-order chi connectivity index (χ0) is 20.2. The first-order valence-electron chi connectivity index (χ1n) is 10.1. The molecule has 0 fully saturated rings. The number of fused-ring (bicyclic) bond motifs is 1. The second kappa shape index (κ2) is 8.47. The minimum atomic E-state index is -0.180. The number of nitrogens with one attached hydrogen (secondary N) is 1. The highest BCUT2D eigenvalue weighted by atomic mass is 16.5. The Morgan fingerprint density at radius 3 is 2.90 bits per heavy atom. The van der Waals surface area contributed by atoms with Crippen molar-refractivity contribution in [2.75, 3.05) is 11.9 Å². The Kier molecular flexibility index (Phi) is 5.60. The molecular weight excluding hydrogens is 364 g/mol. The molecule has 6 heteroatoms. The SMILES string of the molecule is Cc1ccc(C)c(NC(=O)COc2cccc(-c3nnc4n3CCCCC4)c2)c1. The third kappa shape index (κ3) is 4.47. The Morgan fingerprint density at radius 1 is 1.10 bits per heavy atom. The fourth-order valence-corrected chi connectivity index (χ4v) is 3.63. The third-order valence-electron chi connectivity index (χ3n) is 5.24. The summed E-state index contributed by atoms with van der Waals surface area (Å²) < 4.78 is 7.96. The average Bonchev–Trinajstić information content (AvgIpc) is 2.98. The van der Waals surface area contributed by atoms with Crippen LogP contribution in [0.4, 0.5) is 5.69 Å². The van der Waals surface area contributed by atoms with E-state index in [4.69, 9.17) is 4.74 Å². The maximum atomic E-state index is 12.3. The fourth-order valence-electron chi connectivity index (χ4n) is 3.63. The number of nitrogens with zero attached hydrogens (tertiary/aromatic N) is 3. The average molecular weight is 390 g/mol. The highest BCUT2D eigenvalue weighted by Gasteiger charge is 2.16. The van der Waals surface area contributed by atoms with Crippen LogP contribution in [0.15, 0.2) is 42.5 Å². The molecule has 2 heterocycles. The van der Waals surface area contributed by atoms with Gasteiger partial charge >= 0.3 is 0 Å². The van der Waals surface area contributed by atoms with E-state index in [2.05, 4.69) is 20.1 Å². The predicted molar refractivity (Wildman–Crippen MR) is 113 cm³/mol. The molecule has 0 aliphatic carbocycles. The van der Waals surface area contributed by atoms with Crippen molar-refractivity contribution in [3.8, 4) is 17.1 Å². The van der Waals surface area contributed by atoms with E-state index in [-0.39, 0.29) is 12.5 Å². The molecule has 3 aromatic rings. The number of carbonyl (C=O) groups excluding carboxylic acids is 1. The van der Waals surface area contributed by atoms with Gasteiger partial charge in [-0.3, -0.25) is 4.79 Å². The van der Waals surface area contributed by atoms with Crippen molar-refractivity contribution in [1.29, 1.82) is 0 Å². The van der Waals surface area contributed by atoms with E-state index in [0.29, 0.717) is 5.75 Å². The minimum absolute atomic E-state index is 0.0468. The van der Waals surface area contributed by atoms with Gasteiger partial charge in [0.25, 0.3) is 5.91 Å². The van der Waals surface area contributed by atoms with Crippen molar-refractivity contribution in [3.63, 3.8) is 0 Å². The van der Waals surface area contributed by atoms with Crippen molar-refractivity contribution in [3.05, 3.63) is 59.4 Å². The van der Waals surface area contributed by atoms with Crippen molar-refractivity contribution in [2.24, 2.45) is 0 Å². The van der Waals surface area contributed by atoms with Crippen LogP contribution in [0.3, 0.4) is 0 Å². The van der Waals surface area contributed by atoms with Crippen LogP contribution in [-0.4, -0.2) is 27.3 Å². The number of benzene rings is 2. The molecule has 6 nitrogen and oxygen atoms in total. The zero-order valence-corrected chi connectivity index (χ0v) is 16.9. The number of rotatable bonds is 5. The largest absolute Gasteiger partial charge is 0.484 e. The van der Waals surface area contributed by atoms with Crippen LogP contribution in [0.5, 0.6) is 5.75 Å². The molecule has 29 heavy (non-hydrogen) atoms. The van der Waals surface area contributed by atoms with Crippen LogP contribution in [-0.2, 0) is 17.8 Å². The van der Waals surface area contributed by atoms with Gasteiger partial charge in [0.05, 0.1) is 0 Å². The predicted octanol–water partition coefficient (Wildman–Crippen LogP) is 4.31. The molecule has 150 valence electrons. The first-order valence-corrected chi connectivity index (χ1v) is 10.1. The lowest BCUT2D eigenvalue weighted by Crippen LogP contribution is -2.20. The van der Waals surface area contributed by atoms with Crippen LogP contribution in [0.1, 0.15) is 36.2 Å². The second-order valence-electron chi connectivity index (χ2n) is 7.59. The van der Waals surface area contributed by atoms with E-state index in [0.717, 1.165) is 59.8 Å². The molecule has 2 aromatic carbocycles. The molecule has 0 bridgehead atoms. The van der Waals surface area contributed by atoms with E-state index in [9.17, 15) is 4.79 Å². The molecule has 1 N–H and O–H groups in total. The standard InChI is InChI=1S/C23H26N4O2/c1-16-10-11-17(2)20(13-16)24-22(28)15-29-19-8-6-7-18(14-19)23-26-25-21-9-4-3-5-12-27(21)23/h6-8,10-11,13-14H,3-5,9,12,15H2,1-2H3,(H,24,28). The summed E-state index contributed by atoms with van der Waals surface area (Å²) in [5, 5.41) is 11.7. The van der Waals surface area contributed by atoms with Crippen molar-refractivity contribution in [1.82, 2.24) is 14.8 Å². The summed E-state index contributed by atoms with van der Waals surface area (Å²) in [5.41, 5.74) is 3.90.